The lowest BCUT2D eigenvalue weighted by atomic mass is 10.1. The molecule has 2 amide bonds. The van der Waals surface area contributed by atoms with E-state index in [1.165, 1.54) is 18.2 Å². The average molecular weight is 445 g/mol. The van der Waals surface area contributed by atoms with E-state index in [-0.39, 0.29) is 10.6 Å². The molecule has 0 aliphatic carbocycles. The van der Waals surface area contributed by atoms with Gasteiger partial charge in [-0.3, -0.25) is 0 Å². The Morgan fingerprint density at radius 1 is 0.656 bits per heavy atom. The second kappa shape index (κ2) is 9.36. The van der Waals surface area contributed by atoms with E-state index < -0.39 is 16.1 Å². The van der Waals surface area contributed by atoms with Crippen LogP contribution in [0.5, 0.6) is 5.75 Å². The molecule has 6 nitrogen and oxygen atoms in total. The Bertz CT molecular complexity index is 1320. The van der Waals surface area contributed by atoms with E-state index in [2.05, 4.69) is 10.6 Å². The monoisotopic (exact) mass is 444 g/mol. The van der Waals surface area contributed by atoms with Crippen molar-refractivity contribution < 1.29 is 17.4 Å². The largest absolute Gasteiger partial charge is 0.379 e. The maximum Gasteiger partial charge on any atom is 0.339 e. The topological polar surface area (TPSA) is 84.5 Å². The quantitative estimate of drug-likeness (QED) is 0.370. The standard InChI is InChI=1S/C25H20N2O4S/c28-25(26-20-12-5-2-6-13-20)27-21-14-9-15-22(18-21)31-32(29,30)24-17-8-7-16-23(24)19-10-3-1-4-11-19/h1-18H,(H2,26,27,28). The first-order valence-electron chi connectivity index (χ1n) is 9.83. The molecule has 0 radical (unpaired) electrons. The zero-order valence-electron chi connectivity index (χ0n) is 16.9. The molecule has 4 rings (SSSR count). The Labute approximate surface area is 186 Å². The number of rotatable bonds is 6. The van der Waals surface area contributed by atoms with E-state index in [0.29, 0.717) is 16.9 Å². The second-order valence-electron chi connectivity index (χ2n) is 6.87. The van der Waals surface area contributed by atoms with Gasteiger partial charge in [-0.15, -0.1) is 0 Å². The van der Waals surface area contributed by atoms with Gasteiger partial charge in [0, 0.05) is 23.0 Å². The summed E-state index contributed by atoms with van der Waals surface area (Å²) in [7, 11) is -4.11. The molecule has 0 atom stereocenters. The molecular weight excluding hydrogens is 424 g/mol. The van der Waals surface area contributed by atoms with E-state index in [4.69, 9.17) is 4.18 Å². The molecule has 0 fully saturated rings. The Kier molecular flexibility index (Phi) is 6.19. The lowest BCUT2D eigenvalue weighted by molar-refractivity contribution is 0.262. The van der Waals surface area contributed by atoms with Crippen LogP contribution in [0.1, 0.15) is 0 Å². The highest BCUT2D eigenvalue weighted by molar-refractivity contribution is 7.87. The summed E-state index contributed by atoms with van der Waals surface area (Å²) in [6, 6.07) is 30.6. The summed E-state index contributed by atoms with van der Waals surface area (Å²) in [6.45, 7) is 0. The minimum Gasteiger partial charge on any atom is -0.379 e. The van der Waals surface area contributed by atoms with Gasteiger partial charge in [0.05, 0.1) is 0 Å². The smallest absolute Gasteiger partial charge is 0.339 e. The SMILES string of the molecule is O=C(Nc1ccccc1)Nc1cccc(OS(=O)(=O)c2ccccc2-c2ccccc2)c1. The van der Waals surface area contributed by atoms with Gasteiger partial charge in [0.1, 0.15) is 10.6 Å². The third-order valence-electron chi connectivity index (χ3n) is 4.57. The fourth-order valence-electron chi connectivity index (χ4n) is 3.15. The number of carbonyl (C=O) groups excluding carboxylic acids is 1. The molecule has 7 heteroatoms. The fraction of sp³-hybridized carbons (Fsp3) is 0. The van der Waals surface area contributed by atoms with Gasteiger partial charge in [-0.1, -0.05) is 72.8 Å². The molecule has 0 bridgehead atoms. The van der Waals surface area contributed by atoms with Gasteiger partial charge in [0.25, 0.3) is 0 Å². The van der Waals surface area contributed by atoms with Gasteiger partial charge in [-0.25, -0.2) is 4.79 Å². The van der Waals surface area contributed by atoms with Crippen LogP contribution in [-0.2, 0) is 10.1 Å². The Hall–Kier alpha value is -4.10. The summed E-state index contributed by atoms with van der Waals surface area (Å²) in [6.07, 6.45) is 0. The lowest BCUT2D eigenvalue weighted by Gasteiger charge is -2.13. The van der Waals surface area contributed by atoms with Crippen molar-refractivity contribution in [2.24, 2.45) is 0 Å². The zero-order chi connectivity index (χ0) is 22.4. The number of hydrogen-bond donors (Lipinski definition) is 2. The van der Waals surface area contributed by atoms with Crippen LogP contribution >= 0.6 is 0 Å². The molecule has 0 saturated carbocycles. The first-order valence-corrected chi connectivity index (χ1v) is 11.2. The molecule has 0 saturated heterocycles. The van der Waals surface area contributed by atoms with E-state index in [0.717, 1.165) is 5.56 Å². The third kappa shape index (κ3) is 5.14. The first-order chi connectivity index (χ1) is 15.5. The Morgan fingerprint density at radius 3 is 2.00 bits per heavy atom. The second-order valence-corrected chi connectivity index (χ2v) is 8.39. The minimum absolute atomic E-state index is 0.0615. The predicted molar refractivity (Wildman–Crippen MR) is 125 cm³/mol. The maximum atomic E-state index is 13.0. The van der Waals surface area contributed by atoms with Crippen LogP contribution in [0, 0.1) is 0 Å². The lowest BCUT2D eigenvalue weighted by Crippen LogP contribution is -2.19. The highest BCUT2D eigenvalue weighted by Gasteiger charge is 2.21. The molecule has 0 unspecified atom stereocenters. The van der Waals surface area contributed by atoms with Crippen molar-refractivity contribution >= 4 is 27.5 Å². The maximum absolute atomic E-state index is 13.0. The molecule has 32 heavy (non-hydrogen) atoms. The Morgan fingerprint density at radius 2 is 1.25 bits per heavy atom. The third-order valence-corrected chi connectivity index (χ3v) is 5.88. The summed E-state index contributed by atoms with van der Waals surface area (Å²) < 4.78 is 31.5. The van der Waals surface area contributed by atoms with E-state index in [9.17, 15) is 13.2 Å². The summed E-state index contributed by atoms with van der Waals surface area (Å²) in [5.74, 6) is 0.0883. The van der Waals surface area contributed by atoms with Gasteiger partial charge in [0.2, 0.25) is 0 Å². The van der Waals surface area contributed by atoms with Crippen molar-refractivity contribution in [2.75, 3.05) is 10.6 Å². The molecule has 0 heterocycles. The van der Waals surface area contributed by atoms with Gasteiger partial charge >= 0.3 is 16.1 Å². The number of carbonyl (C=O) groups is 1. The molecule has 0 aliphatic heterocycles. The van der Waals surface area contributed by atoms with Crippen LogP contribution in [0.15, 0.2) is 114 Å². The molecule has 4 aromatic rings. The number of benzene rings is 4. The van der Waals surface area contributed by atoms with Crippen molar-refractivity contribution in [1.82, 2.24) is 0 Å². The number of urea groups is 1. The van der Waals surface area contributed by atoms with Gasteiger partial charge in [0.15, 0.2) is 0 Å². The normalized spacial score (nSPS) is 10.9. The number of amides is 2. The summed E-state index contributed by atoms with van der Waals surface area (Å²) in [5, 5.41) is 5.37. The Balaban J connectivity index is 1.53. The molecule has 0 spiro atoms. The van der Waals surface area contributed by atoms with Crippen LogP contribution in [-0.4, -0.2) is 14.4 Å². The highest BCUT2D eigenvalue weighted by atomic mass is 32.2. The molecule has 2 N–H and O–H groups in total. The predicted octanol–water partition coefficient (Wildman–Crippen LogP) is 5.77. The van der Waals surface area contributed by atoms with Gasteiger partial charge in [-0.05, 0) is 35.9 Å². The van der Waals surface area contributed by atoms with Crippen molar-refractivity contribution in [1.29, 1.82) is 0 Å². The zero-order valence-corrected chi connectivity index (χ0v) is 17.8. The number of hydrogen-bond acceptors (Lipinski definition) is 4. The summed E-state index contributed by atoms with van der Waals surface area (Å²) in [4.78, 5) is 12.3. The highest BCUT2D eigenvalue weighted by Crippen LogP contribution is 2.30. The fourth-order valence-corrected chi connectivity index (χ4v) is 4.30. The van der Waals surface area contributed by atoms with E-state index >= 15 is 0 Å². The van der Waals surface area contributed by atoms with Crippen LogP contribution in [0.2, 0.25) is 0 Å². The van der Waals surface area contributed by atoms with Crippen LogP contribution < -0.4 is 14.8 Å². The van der Waals surface area contributed by atoms with Crippen molar-refractivity contribution in [3.63, 3.8) is 0 Å². The summed E-state index contributed by atoms with van der Waals surface area (Å²) >= 11 is 0. The molecular formula is C25H20N2O4S. The van der Waals surface area contributed by atoms with Crippen molar-refractivity contribution in [3.05, 3.63) is 109 Å². The van der Waals surface area contributed by atoms with Gasteiger partial charge in [-0.2, -0.15) is 8.42 Å². The summed E-state index contributed by atoms with van der Waals surface area (Å²) in [5.41, 5.74) is 2.34. The van der Waals surface area contributed by atoms with Crippen LogP contribution in [0.25, 0.3) is 11.1 Å². The van der Waals surface area contributed by atoms with Crippen molar-refractivity contribution in [2.45, 2.75) is 4.90 Å². The molecule has 0 aliphatic rings. The van der Waals surface area contributed by atoms with Crippen LogP contribution in [0.4, 0.5) is 16.2 Å². The number of anilines is 2. The van der Waals surface area contributed by atoms with Crippen molar-refractivity contribution in [3.8, 4) is 16.9 Å². The average Bonchev–Trinajstić information content (AvgIpc) is 2.80. The molecule has 4 aromatic carbocycles. The van der Waals surface area contributed by atoms with Crippen LogP contribution in [0.3, 0.4) is 0 Å². The van der Waals surface area contributed by atoms with E-state index in [1.54, 1.807) is 42.5 Å². The first kappa shape index (κ1) is 21.1. The molecule has 0 aromatic heterocycles. The van der Waals surface area contributed by atoms with Gasteiger partial charge < -0.3 is 14.8 Å². The van der Waals surface area contributed by atoms with E-state index in [1.807, 2.05) is 48.5 Å². The minimum atomic E-state index is -4.11. The molecule has 160 valence electrons. The number of nitrogens with one attached hydrogen (secondary N) is 2. The number of para-hydroxylation sites is 1.